The van der Waals surface area contributed by atoms with Crippen molar-refractivity contribution in [3.63, 3.8) is 0 Å². The highest BCUT2D eigenvalue weighted by Crippen LogP contribution is 2.37. The maximum Gasteiger partial charge on any atom is 0.417 e. The lowest BCUT2D eigenvalue weighted by molar-refractivity contribution is -0.137. The minimum Gasteiger partial charge on any atom is -0.455 e. The third-order valence-electron chi connectivity index (χ3n) is 3.41. The molecule has 1 aromatic carbocycles. The van der Waals surface area contributed by atoms with Gasteiger partial charge in [0.05, 0.1) is 16.8 Å². The number of alkyl halides is 3. The van der Waals surface area contributed by atoms with Gasteiger partial charge in [0.2, 0.25) is 5.95 Å². The zero-order chi connectivity index (χ0) is 19.6. The van der Waals surface area contributed by atoms with Gasteiger partial charge >= 0.3 is 6.18 Å². The SMILES string of the molecule is Cc1nnc(N/N=C\c2ccc(-c3ccc(Cl)c(C(F)(F)F)c3)o2)[nH]c1=O. The van der Waals surface area contributed by atoms with E-state index in [9.17, 15) is 18.0 Å². The van der Waals surface area contributed by atoms with Crippen LogP contribution in [0.25, 0.3) is 11.3 Å². The van der Waals surface area contributed by atoms with Gasteiger partial charge in [0.25, 0.3) is 5.56 Å². The number of rotatable bonds is 4. The Hall–Kier alpha value is -3.14. The van der Waals surface area contributed by atoms with Crippen LogP contribution in [0.5, 0.6) is 0 Å². The first-order valence-corrected chi connectivity index (χ1v) is 7.81. The highest BCUT2D eigenvalue weighted by Gasteiger charge is 2.33. The van der Waals surface area contributed by atoms with Crippen molar-refractivity contribution in [1.29, 1.82) is 0 Å². The average Bonchev–Trinajstić information content (AvgIpc) is 3.06. The van der Waals surface area contributed by atoms with Crippen LogP contribution in [0.4, 0.5) is 19.1 Å². The number of aromatic nitrogens is 3. The summed E-state index contributed by atoms with van der Waals surface area (Å²) in [7, 11) is 0. The predicted octanol–water partition coefficient (Wildman–Crippen LogP) is 3.85. The summed E-state index contributed by atoms with van der Waals surface area (Å²) in [6.07, 6.45) is -3.30. The second-order valence-electron chi connectivity index (χ2n) is 5.35. The number of hydrogen-bond donors (Lipinski definition) is 2. The molecule has 0 aliphatic heterocycles. The van der Waals surface area contributed by atoms with Gasteiger partial charge in [0.1, 0.15) is 17.2 Å². The Morgan fingerprint density at radius 2 is 2.04 bits per heavy atom. The molecule has 2 aromatic heterocycles. The Balaban J connectivity index is 1.77. The number of hydrazone groups is 1. The number of halogens is 4. The third kappa shape index (κ3) is 4.34. The van der Waals surface area contributed by atoms with Crippen LogP contribution >= 0.6 is 11.6 Å². The molecule has 3 aromatic rings. The van der Waals surface area contributed by atoms with Crippen molar-refractivity contribution in [3.8, 4) is 11.3 Å². The Bertz CT molecular complexity index is 1060. The fourth-order valence-corrected chi connectivity index (χ4v) is 2.30. The van der Waals surface area contributed by atoms with E-state index in [0.717, 1.165) is 12.1 Å². The minimum absolute atomic E-state index is 0.0288. The highest BCUT2D eigenvalue weighted by molar-refractivity contribution is 6.31. The Labute approximate surface area is 154 Å². The van der Waals surface area contributed by atoms with Crippen LogP contribution < -0.4 is 11.0 Å². The second-order valence-corrected chi connectivity index (χ2v) is 5.76. The summed E-state index contributed by atoms with van der Waals surface area (Å²) >= 11 is 5.60. The van der Waals surface area contributed by atoms with Crippen LogP contribution in [0, 0.1) is 6.92 Å². The van der Waals surface area contributed by atoms with E-state index < -0.39 is 22.3 Å². The number of furan rings is 1. The highest BCUT2D eigenvalue weighted by atomic mass is 35.5. The van der Waals surface area contributed by atoms with Crippen LogP contribution in [-0.4, -0.2) is 21.4 Å². The number of aryl methyl sites for hydroxylation is 1. The van der Waals surface area contributed by atoms with E-state index in [4.69, 9.17) is 16.0 Å². The largest absolute Gasteiger partial charge is 0.455 e. The average molecular weight is 398 g/mol. The lowest BCUT2D eigenvalue weighted by Crippen LogP contribution is -2.15. The van der Waals surface area contributed by atoms with E-state index in [1.54, 1.807) is 0 Å². The first kappa shape index (κ1) is 18.6. The molecule has 3 rings (SSSR count). The number of hydrogen-bond acceptors (Lipinski definition) is 6. The van der Waals surface area contributed by atoms with Gasteiger partial charge in [-0.15, -0.1) is 10.2 Å². The van der Waals surface area contributed by atoms with Crippen LogP contribution in [-0.2, 0) is 6.18 Å². The molecule has 27 heavy (non-hydrogen) atoms. The van der Waals surface area contributed by atoms with Gasteiger partial charge in [-0.3, -0.25) is 9.78 Å². The molecule has 0 spiro atoms. The molecule has 0 bridgehead atoms. The Morgan fingerprint density at radius 3 is 2.74 bits per heavy atom. The van der Waals surface area contributed by atoms with Gasteiger partial charge in [-0.25, -0.2) is 5.43 Å². The molecule has 0 saturated carbocycles. The number of anilines is 1. The number of nitrogens with one attached hydrogen (secondary N) is 2. The van der Waals surface area contributed by atoms with Crippen molar-refractivity contribution in [2.24, 2.45) is 5.10 Å². The molecule has 0 aliphatic rings. The van der Waals surface area contributed by atoms with Gasteiger partial charge in [-0.05, 0) is 37.3 Å². The van der Waals surface area contributed by atoms with Crippen molar-refractivity contribution in [1.82, 2.24) is 15.2 Å². The molecule has 2 N–H and O–H groups in total. The van der Waals surface area contributed by atoms with Crippen molar-refractivity contribution >= 4 is 23.8 Å². The molecule has 0 amide bonds. The van der Waals surface area contributed by atoms with Gasteiger partial charge in [-0.2, -0.15) is 18.3 Å². The van der Waals surface area contributed by atoms with E-state index >= 15 is 0 Å². The maximum atomic E-state index is 13.0. The van der Waals surface area contributed by atoms with Crippen molar-refractivity contribution in [2.45, 2.75) is 13.1 Å². The van der Waals surface area contributed by atoms with E-state index in [1.165, 1.54) is 31.3 Å². The lowest BCUT2D eigenvalue weighted by atomic mass is 10.1. The topological polar surface area (TPSA) is 96.2 Å². The smallest absolute Gasteiger partial charge is 0.417 e. The first-order chi connectivity index (χ1) is 12.7. The molecular weight excluding hydrogens is 387 g/mol. The van der Waals surface area contributed by atoms with Crippen molar-refractivity contribution in [2.75, 3.05) is 5.43 Å². The fraction of sp³-hybridized carbons (Fsp3) is 0.125. The van der Waals surface area contributed by atoms with Crippen molar-refractivity contribution < 1.29 is 17.6 Å². The molecule has 11 heteroatoms. The monoisotopic (exact) mass is 397 g/mol. The zero-order valence-corrected chi connectivity index (χ0v) is 14.4. The van der Waals surface area contributed by atoms with Gasteiger partial charge < -0.3 is 4.42 Å². The molecule has 0 aliphatic carbocycles. The summed E-state index contributed by atoms with van der Waals surface area (Å²) in [4.78, 5) is 13.8. The standard InChI is InChI=1S/C16H11ClF3N5O2/c1-8-14(26)22-15(25-23-8)24-21-7-10-3-5-13(27-10)9-2-4-12(17)11(6-9)16(18,19)20/h2-7H,1H3,(H2,22,24,25,26)/b21-7-. The third-order valence-corrected chi connectivity index (χ3v) is 3.74. The quantitative estimate of drug-likeness (QED) is 0.515. The molecular formula is C16H11ClF3N5O2. The van der Waals surface area contributed by atoms with E-state index in [0.29, 0.717) is 0 Å². The lowest BCUT2D eigenvalue weighted by Gasteiger charge is -2.09. The van der Waals surface area contributed by atoms with Gasteiger partial charge in [-0.1, -0.05) is 11.6 Å². The van der Waals surface area contributed by atoms with Crippen LogP contribution in [0.15, 0.2) is 44.6 Å². The van der Waals surface area contributed by atoms with Crippen LogP contribution in [0.2, 0.25) is 5.02 Å². The Kier molecular flexibility index (Phi) is 5.00. The van der Waals surface area contributed by atoms with E-state index in [-0.39, 0.29) is 28.7 Å². The minimum atomic E-state index is -4.57. The fourth-order valence-electron chi connectivity index (χ4n) is 2.07. The Morgan fingerprint density at radius 1 is 1.26 bits per heavy atom. The van der Waals surface area contributed by atoms with Gasteiger partial charge in [0.15, 0.2) is 0 Å². The zero-order valence-electron chi connectivity index (χ0n) is 13.6. The number of benzene rings is 1. The summed E-state index contributed by atoms with van der Waals surface area (Å²) in [5.74, 6) is 0.506. The molecule has 0 radical (unpaired) electrons. The molecule has 7 nitrogen and oxygen atoms in total. The summed E-state index contributed by atoms with van der Waals surface area (Å²) < 4.78 is 44.3. The maximum absolute atomic E-state index is 13.0. The normalized spacial score (nSPS) is 11.9. The first-order valence-electron chi connectivity index (χ1n) is 7.43. The number of aromatic amines is 1. The summed E-state index contributed by atoms with van der Waals surface area (Å²) in [6, 6.07) is 6.50. The summed E-state index contributed by atoms with van der Waals surface area (Å²) in [5, 5.41) is 10.7. The molecule has 0 unspecified atom stereocenters. The molecule has 0 atom stereocenters. The van der Waals surface area contributed by atoms with E-state index in [2.05, 4.69) is 25.7 Å². The molecule has 0 fully saturated rings. The predicted molar refractivity (Wildman–Crippen MR) is 92.8 cm³/mol. The number of H-pyrrole nitrogens is 1. The van der Waals surface area contributed by atoms with Gasteiger partial charge in [0, 0.05) is 5.56 Å². The molecule has 140 valence electrons. The van der Waals surface area contributed by atoms with E-state index in [1.807, 2.05) is 0 Å². The van der Waals surface area contributed by atoms with Crippen LogP contribution in [0.1, 0.15) is 17.0 Å². The van der Waals surface area contributed by atoms with Crippen LogP contribution in [0.3, 0.4) is 0 Å². The second kappa shape index (κ2) is 7.23. The summed E-state index contributed by atoms with van der Waals surface area (Å²) in [6.45, 7) is 1.50. The molecule has 0 saturated heterocycles. The number of nitrogens with zero attached hydrogens (tertiary/aromatic N) is 3. The van der Waals surface area contributed by atoms with Crippen molar-refractivity contribution in [3.05, 3.63) is 62.7 Å². The summed E-state index contributed by atoms with van der Waals surface area (Å²) in [5.41, 5.74) is 1.53. The molecule has 2 heterocycles.